The molecule has 4 nitrogen and oxygen atoms in total. The van der Waals surface area contributed by atoms with Gasteiger partial charge in [-0.05, 0) is 37.3 Å². The second-order valence-electron chi connectivity index (χ2n) is 6.85. The molecule has 0 aromatic heterocycles. The van der Waals surface area contributed by atoms with Crippen molar-refractivity contribution in [3.05, 3.63) is 42.0 Å². The summed E-state index contributed by atoms with van der Waals surface area (Å²) in [5, 5.41) is 0. The fraction of sp³-hybridized carbons (Fsp3) is 0.556. The van der Waals surface area contributed by atoms with E-state index in [4.69, 9.17) is 0 Å². The zero-order valence-electron chi connectivity index (χ0n) is 14.5. The van der Waals surface area contributed by atoms with Crippen LogP contribution >= 0.6 is 0 Å². The summed E-state index contributed by atoms with van der Waals surface area (Å²) in [4.78, 5) is 1.56. The maximum Gasteiger partial charge on any atom is 0.417 e. The second kappa shape index (κ2) is 7.70. The first-order valence-corrected chi connectivity index (χ1v) is 10.3. The van der Waals surface area contributed by atoms with Gasteiger partial charge in [0.1, 0.15) is 0 Å². The van der Waals surface area contributed by atoms with Crippen molar-refractivity contribution in [3.8, 4) is 0 Å². The summed E-state index contributed by atoms with van der Waals surface area (Å²) in [6, 6.07) is 4.39. The lowest BCUT2D eigenvalue weighted by Crippen LogP contribution is -2.49. The van der Waals surface area contributed by atoms with E-state index in [0.29, 0.717) is 19.0 Å². The Labute approximate surface area is 152 Å². The van der Waals surface area contributed by atoms with Crippen LogP contribution in [0.1, 0.15) is 24.8 Å². The fourth-order valence-electron chi connectivity index (χ4n) is 3.60. The van der Waals surface area contributed by atoms with Gasteiger partial charge >= 0.3 is 6.18 Å². The number of hydrogen-bond donors (Lipinski definition) is 0. The molecule has 1 fully saturated rings. The van der Waals surface area contributed by atoms with E-state index in [-0.39, 0.29) is 13.1 Å². The molecule has 1 aliphatic heterocycles. The van der Waals surface area contributed by atoms with Gasteiger partial charge in [-0.2, -0.15) is 17.5 Å². The van der Waals surface area contributed by atoms with Crippen molar-refractivity contribution >= 4 is 10.0 Å². The van der Waals surface area contributed by atoms with Crippen molar-refractivity contribution in [3.63, 3.8) is 0 Å². The van der Waals surface area contributed by atoms with E-state index in [0.717, 1.165) is 37.9 Å². The molecule has 0 spiro atoms. The highest BCUT2D eigenvalue weighted by Crippen LogP contribution is 2.35. The van der Waals surface area contributed by atoms with Gasteiger partial charge in [0.25, 0.3) is 0 Å². The van der Waals surface area contributed by atoms with Gasteiger partial charge in [-0.3, -0.25) is 0 Å². The van der Waals surface area contributed by atoms with Gasteiger partial charge < -0.3 is 4.90 Å². The predicted molar refractivity (Wildman–Crippen MR) is 93.1 cm³/mol. The van der Waals surface area contributed by atoms with Crippen molar-refractivity contribution in [2.24, 2.45) is 5.92 Å². The van der Waals surface area contributed by atoms with Gasteiger partial charge in [0.15, 0.2) is 0 Å². The van der Waals surface area contributed by atoms with Crippen molar-refractivity contribution in [1.29, 1.82) is 0 Å². The highest BCUT2D eigenvalue weighted by Gasteiger charge is 2.39. The lowest BCUT2D eigenvalue weighted by Gasteiger charge is -2.36. The SMILES string of the molecule is O=S(=O)(c1ccccc1C(F)(F)F)N1CCN(C[C@H]2CC=CCC2)CC1. The second-order valence-corrected chi connectivity index (χ2v) is 8.76. The maximum atomic E-state index is 13.2. The lowest BCUT2D eigenvalue weighted by atomic mass is 9.94. The third kappa shape index (κ3) is 4.29. The van der Waals surface area contributed by atoms with Crippen LogP contribution in [0.15, 0.2) is 41.3 Å². The molecule has 26 heavy (non-hydrogen) atoms. The number of rotatable bonds is 4. The molecule has 1 aliphatic carbocycles. The molecule has 1 aromatic rings. The Hall–Kier alpha value is -1.38. The average molecular weight is 388 g/mol. The normalized spacial score (nSPS) is 23.3. The van der Waals surface area contributed by atoms with E-state index in [1.165, 1.54) is 16.4 Å². The number of halogens is 3. The summed E-state index contributed by atoms with van der Waals surface area (Å²) in [5.41, 5.74) is -1.10. The van der Waals surface area contributed by atoms with E-state index < -0.39 is 26.7 Å². The fourth-order valence-corrected chi connectivity index (χ4v) is 5.24. The van der Waals surface area contributed by atoms with E-state index in [2.05, 4.69) is 17.1 Å². The smallest absolute Gasteiger partial charge is 0.300 e. The van der Waals surface area contributed by atoms with Crippen LogP contribution in [0.25, 0.3) is 0 Å². The van der Waals surface area contributed by atoms with Crippen molar-refractivity contribution in [2.45, 2.75) is 30.3 Å². The number of nitrogens with zero attached hydrogens (tertiary/aromatic N) is 2. The summed E-state index contributed by atoms with van der Waals surface area (Å²) in [6.07, 6.45) is 2.92. The van der Waals surface area contributed by atoms with E-state index >= 15 is 0 Å². The van der Waals surface area contributed by atoms with Crippen LogP contribution in [0.5, 0.6) is 0 Å². The standard InChI is InChI=1S/C18H23F3N2O2S/c19-18(20,21)16-8-4-5-9-17(16)26(24,25)23-12-10-22(11-13-23)14-15-6-2-1-3-7-15/h1-2,4-5,8-9,15H,3,6-7,10-14H2/t15-/m0/s1. The molecule has 3 rings (SSSR count). The highest BCUT2D eigenvalue weighted by atomic mass is 32.2. The Balaban J connectivity index is 1.68. The molecule has 144 valence electrons. The average Bonchev–Trinajstić information content (AvgIpc) is 2.62. The van der Waals surface area contributed by atoms with Crippen molar-refractivity contribution in [2.75, 3.05) is 32.7 Å². The number of hydrogen-bond acceptors (Lipinski definition) is 3. The van der Waals surface area contributed by atoms with Gasteiger partial charge in [-0.1, -0.05) is 24.3 Å². The Morgan fingerprint density at radius 2 is 1.73 bits per heavy atom. The molecule has 1 saturated heterocycles. The van der Waals surface area contributed by atoms with Gasteiger partial charge in [-0.25, -0.2) is 8.42 Å². The molecule has 0 N–H and O–H groups in total. The molecule has 2 aliphatic rings. The maximum absolute atomic E-state index is 13.2. The zero-order chi connectivity index (χ0) is 18.8. The van der Waals surface area contributed by atoms with Crippen LogP contribution < -0.4 is 0 Å². The van der Waals surface area contributed by atoms with E-state index in [1.54, 1.807) is 0 Å². The Morgan fingerprint density at radius 1 is 1.04 bits per heavy atom. The Bertz CT molecular complexity index is 754. The molecule has 1 heterocycles. The van der Waals surface area contributed by atoms with Gasteiger partial charge in [0.05, 0.1) is 10.5 Å². The van der Waals surface area contributed by atoms with Gasteiger partial charge in [0.2, 0.25) is 10.0 Å². The topological polar surface area (TPSA) is 40.6 Å². The largest absolute Gasteiger partial charge is 0.417 e. The van der Waals surface area contributed by atoms with E-state index in [1.807, 2.05) is 0 Å². The first-order valence-electron chi connectivity index (χ1n) is 8.82. The summed E-state index contributed by atoms with van der Waals surface area (Å²) >= 11 is 0. The monoisotopic (exact) mass is 388 g/mol. The third-order valence-corrected chi connectivity index (χ3v) is 6.99. The summed E-state index contributed by atoms with van der Waals surface area (Å²) in [6.45, 7) is 2.45. The minimum absolute atomic E-state index is 0.219. The highest BCUT2D eigenvalue weighted by molar-refractivity contribution is 7.89. The first kappa shape index (κ1) is 19.4. The minimum Gasteiger partial charge on any atom is -0.300 e. The number of piperazine rings is 1. The molecule has 0 unspecified atom stereocenters. The molecular formula is C18H23F3N2O2S. The van der Waals surface area contributed by atoms with Crippen molar-refractivity contribution in [1.82, 2.24) is 9.21 Å². The number of sulfonamides is 1. The Kier molecular flexibility index (Phi) is 5.74. The summed E-state index contributed by atoms with van der Waals surface area (Å²) in [5.74, 6) is 0.578. The van der Waals surface area contributed by atoms with Crippen LogP contribution in [0.3, 0.4) is 0 Å². The summed E-state index contributed by atoms with van der Waals surface area (Å²) in [7, 11) is -4.16. The van der Waals surface area contributed by atoms with Crippen LogP contribution in [-0.4, -0.2) is 50.3 Å². The third-order valence-electron chi connectivity index (χ3n) is 5.04. The number of alkyl halides is 3. The molecule has 8 heteroatoms. The molecule has 0 saturated carbocycles. The van der Waals surface area contributed by atoms with Crippen LogP contribution in [0, 0.1) is 5.92 Å². The molecule has 1 aromatic carbocycles. The number of benzene rings is 1. The molecule has 0 bridgehead atoms. The van der Waals surface area contributed by atoms with E-state index in [9.17, 15) is 21.6 Å². The number of allylic oxidation sites excluding steroid dienone is 2. The van der Waals surface area contributed by atoms with Crippen molar-refractivity contribution < 1.29 is 21.6 Å². The minimum atomic E-state index is -4.69. The first-order chi connectivity index (χ1) is 12.3. The van der Waals surface area contributed by atoms with Crippen LogP contribution in [0.2, 0.25) is 0 Å². The summed E-state index contributed by atoms with van der Waals surface area (Å²) < 4.78 is 66.2. The molecule has 1 atom stereocenters. The van der Waals surface area contributed by atoms with Gasteiger partial charge in [-0.15, -0.1) is 0 Å². The Morgan fingerprint density at radius 3 is 2.35 bits per heavy atom. The molecular weight excluding hydrogens is 365 g/mol. The predicted octanol–water partition coefficient (Wildman–Crippen LogP) is 3.37. The van der Waals surface area contributed by atoms with Crippen LogP contribution in [-0.2, 0) is 16.2 Å². The molecule has 0 amide bonds. The zero-order valence-corrected chi connectivity index (χ0v) is 15.3. The van der Waals surface area contributed by atoms with Crippen LogP contribution in [0.4, 0.5) is 13.2 Å². The lowest BCUT2D eigenvalue weighted by molar-refractivity contribution is -0.139. The molecule has 0 radical (unpaired) electrons. The van der Waals surface area contributed by atoms with Gasteiger partial charge in [0, 0.05) is 32.7 Å². The quantitative estimate of drug-likeness (QED) is 0.743.